The van der Waals surface area contributed by atoms with Crippen LogP contribution in [-0.4, -0.2) is 13.1 Å². The van der Waals surface area contributed by atoms with E-state index in [1.165, 1.54) is 43.5 Å². The summed E-state index contributed by atoms with van der Waals surface area (Å²) in [6, 6.07) is 6.45. The number of benzene rings is 1. The highest BCUT2D eigenvalue weighted by molar-refractivity contribution is 6.31. The highest BCUT2D eigenvalue weighted by Crippen LogP contribution is 2.21. The average Bonchev–Trinajstić information content (AvgIpc) is 2.32. The van der Waals surface area contributed by atoms with E-state index in [4.69, 9.17) is 11.6 Å². The van der Waals surface area contributed by atoms with E-state index >= 15 is 0 Å². The largest absolute Gasteiger partial charge is 0.316 e. The first-order valence-corrected chi connectivity index (χ1v) is 6.59. The number of hydrogen-bond acceptors (Lipinski definition) is 1. The lowest BCUT2D eigenvalue weighted by molar-refractivity contribution is 0.358. The van der Waals surface area contributed by atoms with Crippen molar-refractivity contribution in [3.8, 4) is 0 Å². The third-order valence-corrected chi connectivity index (χ3v) is 3.88. The Kier molecular flexibility index (Phi) is 4.25. The fourth-order valence-corrected chi connectivity index (χ4v) is 2.54. The molecule has 0 spiro atoms. The Morgan fingerprint density at radius 1 is 1.44 bits per heavy atom. The molecule has 2 heteroatoms. The molecular formula is C14H20ClN. The fraction of sp³-hybridized carbons (Fsp3) is 0.571. The maximum atomic E-state index is 6.12. The highest BCUT2D eigenvalue weighted by Gasteiger charge is 2.12. The zero-order chi connectivity index (χ0) is 11.4. The molecule has 1 atom stereocenters. The van der Waals surface area contributed by atoms with Crippen molar-refractivity contribution < 1.29 is 0 Å². The van der Waals surface area contributed by atoms with Gasteiger partial charge in [-0.05, 0) is 68.8 Å². The molecule has 1 unspecified atom stereocenters. The molecule has 0 aromatic heterocycles. The first-order chi connectivity index (χ1) is 7.75. The Morgan fingerprint density at radius 2 is 2.31 bits per heavy atom. The minimum absolute atomic E-state index is 0.855. The van der Waals surface area contributed by atoms with Crippen molar-refractivity contribution in [3.05, 3.63) is 34.3 Å². The van der Waals surface area contributed by atoms with Gasteiger partial charge < -0.3 is 5.32 Å². The van der Waals surface area contributed by atoms with Gasteiger partial charge in [-0.1, -0.05) is 23.7 Å². The number of piperidine rings is 1. The van der Waals surface area contributed by atoms with Crippen molar-refractivity contribution in [2.45, 2.75) is 32.6 Å². The van der Waals surface area contributed by atoms with Gasteiger partial charge in [0.25, 0.3) is 0 Å². The predicted molar refractivity (Wildman–Crippen MR) is 70.1 cm³/mol. The summed E-state index contributed by atoms with van der Waals surface area (Å²) in [7, 11) is 0. The topological polar surface area (TPSA) is 12.0 Å². The Balaban J connectivity index is 1.86. The standard InChI is InChI=1S/C14H20ClN/c1-11-4-5-12(9-14(11)15)6-7-13-3-2-8-16-10-13/h4-5,9,13,16H,2-3,6-8,10H2,1H3. The highest BCUT2D eigenvalue weighted by atomic mass is 35.5. The lowest BCUT2D eigenvalue weighted by Gasteiger charge is -2.22. The van der Waals surface area contributed by atoms with Crippen LogP contribution in [0.5, 0.6) is 0 Å². The zero-order valence-corrected chi connectivity index (χ0v) is 10.7. The van der Waals surface area contributed by atoms with Crippen LogP contribution in [0.2, 0.25) is 5.02 Å². The van der Waals surface area contributed by atoms with E-state index in [1.54, 1.807) is 0 Å². The lowest BCUT2D eigenvalue weighted by atomic mass is 9.92. The third kappa shape index (κ3) is 3.23. The van der Waals surface area contributed by atoms with Crippen LogP contribution in [0.15, 0.2) is 18.2 Å². The Hall–Kier alpha value is -0.530. The summed E-state index contributed by atoms with van der Waals surface area (Å²) in [6.07, 6.45) is 5.16. The number of nitrogens with one attached hydrogen (secondary N) is 1. The molecule has 0 saturated carbocycles. The Bertz CT molecular complexity index is 343. The van der Waals surface area contributed by atoms with Crippen LogP contribution in [0.4, 0.5) is 0 Å². The van der Waals surface area contributed by atoms with Crippen molar-refractivity contribution >= 4 is 11.6 Å². The quantitative estimate of drug-likeness (QED) is 0.848. The number of aryl methyl sites for hydroxylation is 2. The summed E-state index contributed by atoms with van der Waals surface area (Å²) in [5.41, 5.74) is 2.55. The van der Waals surface area contributed by atoms with Crippen molar-refractivity contribution in [3.63, 3.8) is 0 Å². The smallest absolute Gasteiger partial charge is 0.0437 e. The van der Waals surface area contributed by atoms with Crippen LogP contribution < -0.4 is 5.32 Å². The molecule has 1 fully saturated rings. The SMILES string of the molecule is Cc1ccc(CCC2CCCNC2)cc1Cl. The fourth-order valence-electron chi connectivity index (χ4n) is 2.33. The van der Waals surface area contributed by atoms with E-state index in [0.29, 0.717) is 0 Å². The van der Waals surface area contributed by atoms with E-state index in [2.05, 4.69) is 30.4 Å². The number of hydrogen-bond donors (Lipinski definition) is 1. The average molecular weight is 238 g/mol. The van der Waals surface area contributed by atoms with Crippen LogP contribution in [0.1, 0.15) is 30.4 Å². The van der Waals surface area contributed by atoms with E-state index < -0.39 is 0 Å². The second-order valence-electron chi connectivity index (χ2n) is 4.83. The van der Waals surface area contributed by atoms with Crippen molar-refractivity contribution in [2.24, 2.45) is 5.92 Å². The molecule has 1 nitrogen and oxygen atoms in total. The molecule has 1 aliphatic rings. The maximum absolute atomic E-state index is 6.12. The summed E-state index contributed by atoms with van der Waals surface area (Å²) in [5, 5.41) is 4.37. The minimum atomic E-state index is 0.855. The summed E-state index contributed by atoms with van der Waals surface area (Å²) in [5.74, 6) is 0.855. The van der Waals surface area contributed by atoms with E-state index in [1.807, 2.05) is 0 Å². The summed E-state index contributed by atoms with van der Waals surface area (Å²) >= 11 is 6.12. The zero-order valence-electron chi connectivity index (χ0n) is 9.93. The van der Waals surface area contributed by atoms with Gasteiger partial charge in [0, 0.05) is 5.02 Å². The molecule has 0 amide bonds. The van der Waals surface area contributed by atoms with E-state index in [0.717, 1.165) is 17.4 Å². The summed E-state index contributed by atoms with van der Waals surface area (Å²) < 4.78 is 0. The normalized spacial score (nSPS) is 21.0. The summed E-state index contributed by atoms with van der Waals surface area (Å²) in [4.78, 5) is 0. The first kappa shape index (κ1) is 11.9. The monoisotopic (exact) mass is 237 g/mol. The molecule has 1 aromatic rings. The molecule has 1 N–H and O–H groups in total. The van der Waals surface area contributed by atoms with Gasteiger partial charge in [0.15, 0.2) is 0 Å². The molecule has 1 saturated heterocycles. The molecule has 1 heterocycles. The van der Waals surface area contributed by atoms with Gasteiger partial charge in [-0.15, -0.1) is 0 Å². The molecule has 0 radical (unpaired) electrons. The van der Waals surface area contributed by atoms with Crippen LogP contribution >= 0.6 is 11.6 Å². The van der Waals surface area contributed by atoms with Crippen molar-refractivity contribution in [2.75, 3.05) is 13.1 Å². The van der Waals surface area contributed by atoms with Crippen LogP contribution in [0, 0.1) is 12.8 Å². The van der Waals surface area contributed by atoms with Gasteiger partial charge in [0.05, 0.1) is 0 Å². The van der Waals surface area contributed by atoms with Gasteiger partial charge in [0.2, 0.25) is 0 Å². The van der Waals surface area contributed by atoms with Gasteiger partial charge in [-0.25, -0.2) is 0 Å². The molecule has 1 aliphatic heterocycles. The number of halogens is 1. The third-order valence-electron chi connectivity index (χ3n) is 3.48. The molecule has 1 aromatic carbocycles. The van der Waals surface area contributed by atoms with Gasteiger partial charge in [0.1, 0.15) is 0 Å². The van der Waals surface area contributed by atoms with Crippen molar-refractivity contribution in [1.82, 2.24) is 5.32 Å². The molecule has 2 rings (SSSR count). The first-order valence-electron chi connectivity index (χ1n) is 6.21. The van der Waals surface area contributed by atoms with Crippen LogP contribution in [-0.2, 0) is 6.42 Å². The van der Waals surface area contributed by atoms with Gasteiger partial charge in [-0.3, -0.25) is 0 Å². The van der Waals surface area contributed by atoms with Crippen LogP contribution in [0.3, 0.4) is 0 Å². The number of rotatable bonds is 3. The van der Waals surface area contributed by atoms with Crippen molar-refractivity contribution in [1.29, 1.82) is 0 Å². The summed E-state index contributed by atoms with van der Waals surface area (Å²) in [6.45, 7) is 4.45. The second kappa shape index (κ2) is 5.70. The van der Waals surface area contributed by atoms with E-state index in [-0.39, 0.29) is 0 Å². The molecule has 88 valence electrons. The van der Waals surface area contributed by atoms with Crippen LogP contribution in [0.25, 0.3) is 0 Å². The lowest BCUT2D eigenvalue weighted by Crippen LogP contribution is -2.29. The van der Waals surface area contributed by atoms with E-state index in [9.17, 15) is 0 Å². The molecular weight excluding hydrogens is 218 g/mol. The Morgan fingerprint density at radius 3 is 3.00 bits per heavy atom. The minimum Gasteiger partial charge on any atom is -0.316 e. The van der Waals surface area contributed by atoms with Gasteiger partial charge in [-0.2, -0.15) is 0 Å². The Labute approximate surface area is 103 Å². The molecule has 0 aliphatic carbocycles. The van der Waals surface area contributed by atoms with Gasteiger partial charge >= 0.3 is 0 Å². The predicted octanol–water partition coefficient (Wildman–Crippen LogP) is 3.58. The maximum Gasteiger partial charge on any atom is 0.0437 e. The molecule has 16 heavy (non-hydrogen) atoms. The second-order valence-corrected chi connectivity index (χ2v) is 5.24. The molecule has 0 bridgehead atoms.